The molecule has 1 aromatic carbocycles. The minimum atomic E-state index is 0.00217. The highest BCUT2D eigenvalue weighted by Crippen LogP contribution is 2.22. The van der Waals surface area contributed by atoms with E-state index < -0.39 is 0 Å². The van der Waals surface area contributed by atoms with Crippen molar-refractivity contribution in [2.24, 2.45) is 0 Å². The van der Waals surface area contributed by atoms with Gasteiger partial charge in [0.1, 0.15) is 0 Å². The van der Waals surface area contributed by atoms with Gasteiger partial charge in [0.15, 0.2) is 5.16 Å². The van der Waals surface area contributed by atoms with Crippen molar-refractivity contribution in [3.63, 3.8) is 0 Å². The van der Waals surface area contributed by atoms with E-state index in [1.165, 1.54) is 17.8 Å². The molecular weight excluding hydrogens is 272 g/mol. The number of aromatic nitrogens is 4. The van der Waals surface area contributed by atoms with Crippen molar-refractivity contribution in [2.45, 2.75) is 24.9 Å². The van der Waals surface area contributed by atoms with E-state index in [1.54, 1.807) is 0 Å². The molecule has 0 aliphatic rings. The molecule has 20 heavy (non-hydrogen) atoms. The smallest absolute Gasteiger partial charge is 0.215 e. The fourth-order valence-corrected chi connectivity index (χ4v) is 2.90. The topological polar surface area (TPSA) is 63.8 Å². The molecule has 0 spiro atoms. The van der Waals surface area contributed by atoms with Crippen LogP contribution in [0.2, 0.25) is 0 Å². The summed E-state index contributed by atoms with van der Waals surface area (Å²) < 4.78 is 1.93. The Morgan fingerprint density at radius 3 is 2.75 bits per heavy atom. The molecule has 2 aromatic heterocycles. The van der Waals surface area contributed by atoms with Crippen LogP contribution in [-0.4, -0.2) is 24.9 Å². The van der Waals surface area contributed by atoms with E-state index in [4.69, 9.17) is 0 Å². The third kappa shape index (κ3) is 2.46. The predicted molar refractivity (Wildman–Crippen MR) is 78.8 cm³/mol. The van der Waals surface area contributed by atoms with E-state index in [-0.39, 0.29) is 5.88 Å². The average Bonchev–Trinajstić information content (AvgIpc) is 2.73. The first-order valence-electron chi connectivity index (χ1n) is 6.23. The van der Waals surface area contributed by atoms with Gasteiger partial charge in [0.05, 0.1) is 11.4 Å². The van der Waals surface area contributed by atoms with Crippen LogP contribution in [0, 0.1) is 13.8 Å². The van der Waals surface area contributed by atoms with Gasteiger partial charge in [-0.2, -0.15) is 10.1 Å². The van der Waals surface area contributed by atoms with Crippen LogP contribution in [0.5, 0.6) is 5.88 Å². The second kappa shape index (κ2) is 5.13. The van der Waals surface area contributed by atoms with Crippen molar-refractivity contribution in [3.05, 3.63) is 41.7 Å². The molecule has 0 saturated heterocycles. The Bertz CT molecular complexity index is 749. The van der Waals surface area contributed by atoms with E-state index in [2.05, 4.69) is 21.1 Å². The molecule has 0 atom stereocenters. The Labute approximate surface area is 120 Å². The maximum absolute atomic E-state index is 9.47. The van der Waals surface area contributed by atoms with Crippen LogP contribution in [0.15, 0.2) is 35.5 Å². The van der Waals surface area contributed by atoms with E-state index in [0.717, 1.165) is 22.3 Å². The van der Waals surface area contributed by atoms with Crippen molar-refractivity contribution < 1.29 is 5.11 Å². The molecule has 102 valence electrons. The molecule has 6 heteroatoms. The largest absolute Gasteiger partial charge is 0.493 e. The maximum atomic E-state index is 9.47. The van der Waals surface area contributed by atoms with Gasteiger partial charge in [-0.15, -0.1) is 0 Å². The molecule has 0 bridgehead atoms. The fourth-order valence-electron chi connectivity index (χ4n) is 2.05. The van der Waals surface area contributed by atoms with Crippen molar-refractivity contribution in [2.75, 3.05) is 0 Å². The molecule has 1 N–H and O–H groups in total. The number of thioether (sulfide) groups is 1. The normalized spacial score (nSPS) is 11.1. The second-order valence-electron chi connectivity index (χ2n) is 4.53. The van der Waals surface area contributed by atoms with Gasteiger partial charge in [-0.05, 0) is 19.9 Å². The van der Waals surface area contributed by atoms with Crippen LogP contribution in [0.4, 0.5) is 0 Å². The standard InChI is InChI=1S/C14H14N4OS/c1-9-7-13(19)16-14(15-9)20-8-18-10(2)11-5-3-4-6-12(11)17-18/h3-7H,8H2,1-2H3,(H,15,16,19). The Morgan fingerprint density at radius 2 is 2.00 bits per heavy atom. The lowest BCUT2D eigenvalue weighted by molar-refractivity contribution is 0.444. The zero-order chi connectivity index (χ0) is 14.1. The summed E-state index contributed by atoms with van der Waals surface area (Å²) in [6, 6.07) is 9.59. The van der Waals surface area contributed by atoms with E-state index in [0.29, 0.717) is 11.0 Å². The van der Waals surface area contributed by atoms with Gasteiger partial charge in [-0.1, -0.05) is 30.0 Å². The second-order valence-corrected chi connectivity index (χ2v) is 5.44. The first-order valence-corrected chi connectivity index (χ1v) is 7.21. The number of aryl methyl sites for hydroxylation is 2. The molecule has 0 aliphatic heterocycles. The maximum Gasteiger partial charge on any atom is 0.215 e. The highest BCUT2D eigenvalue weighted by molar-refractivity contribution is 7.98. The first-order chi connectivity index (χ1) is 9.63. The number of hydrogen-bond acceptors (Lipinski definition) is 5. The van der Waals surface area contributed by atoms with Gasteiger partial charge in [-0.25, -0.2) is 4.98 Å². The summed E-state index contributed by atoms with van der Waals surface area (Å²) in [7, 11) is 0. The monoisotopic (exact) mass is 286 g/mol. The molecule has 0 saturated carbocycles. The van der Waals surface area contributed by atoms with Gasteiger partial charge < -0.3 is 5.11 Å². The van der Waals surface area contributed by atoms with Crippen LogP contribution in [0.1, 0.15) is 11.4 Å². The summed E-state index contributed by atoms with van der Waals surface area (Å²) in [5.41, 5.74) is 2.85. The SMILES string of the molecule is Cc1cc(O)nc(SCn2nc3ccccc3c2C)n1. The molecule has 0 amide bonds. The number of benzene rings is 1. The summed E-state index contributed by atoms with van der Waals surface area (Å²) >= 11 is 1.45. The van der Waals surface area contributed by atoms with Crippen molar-refractivity contribution in [1.82, 2.24) is 19.7 Å². The molecular formula is C14H14N4OS. The third-order valence-corrected chi connectivity index (χ3v) is 3.86. The molecule has 0 radical (unpaired) electrons. The van der Waals surface area contributed by atoms with Crippen LogP contribution >= 0.6 is 11.8 Å². The minimum absolute atomic E-state index is 0.00217. The van der Waals surface area contributed by atoms with Gasteiger partial charge in [0.25, 0.3) is 0 Å². The molecule has 0 fully saturated rings. The van der Waals surface area contributed by atoms with Crippen molar-refractivity contribution in [1.29, 1.82) is 0 Å². The lowest BCUT2D eigenvalue weighted by Crippen LogP contribution is -2.00. The highest BCUT2D eigenvalue weighted by Gasteiger charge is 2.08. The van der Waals surface area contributed by atoms with Crippen LogP contribution in [0.3, 0.4) is 0 Å². The highest BCUT2D eigenvalue weighted by atomic mass is 32.2. The third-order valence-electron chi connectivity index (χ3n) is 3.05. The number of nitrogens with zero attached hydrogens (tertiary/aromatic N) is 4. The van der Waals surface area contributed by atoms with Crippen LogP contribution < -0.4 is 0 Å². The first kappa shape index (κ1) is 12.9. The number of rotatable bonds is 3. The van der Waals surface area contributed by atoms with E-state index >= 15 is 0 Å². The van der Waals surface area contributed by atoms with E-state index in [9.17, 15) is 5.11 Å². The minimum Gasteiger partial charge on any atom is -0.493 e. The summed E-state index contributed by atoms with van der Waals surface area (Å²) in [6.45, 7) is 3.88. The Hall–Kier alpha value is -2.08. The number of hydrogen-bond donors (Lipinski definition) is 1. The Morgan fingerprint density at radius 1 is 1.20 bits per heavy atom. The van der Waals surface area contributed by atoms with Gasteiger partial charge in [0.2, 0.25) is 5.88 Å². The summed E-state index contributed by atoms with van der Waals surface area (Å²) in [4.78, 5) is 8.28. The molecule has 0 aliphatic carbocycles. The zero-order valence-electron chi connectivity index (χ0n) is 11.2. The van der Waals surface area contributed by atoms with E-state index in [1.807, 2.05) is 36.7 Å². The van der Waals surface area contributed by atoms with Gasteiger partial charge in [-0.3, -0.25) is 4.68 Å². The van der Waals surface area contributed by atoms with Gasteiger partial charge >= 0.3 is 0 Å². The zero-order valence-corrected chi connectivity index (χ0v) is 12.1. The molecule has 3 aromatic rings. The van der Waals surface area contributed by atoms with Crippen molar-refractivity contribution in [3.8, 4) is 5.88 Å². The Balaban J connectivity index is 1.84. The predicted octanol–water partition coefficient (Wildman–Crippen LogP) is 2.90. The lowest BCUT2D eigenvalue weighted by Gasteiger charge is -2.04. The molecule has 3 rings (SSSR count). The molecule has 5 nitrogen and oxygen atoms in total. The van der Waals surface area contributed by atoms with Gasteiger partial charge in [0, 0.05) is 22.8 Å². The average molecular weight is 286 g/mol. The number of aromatic hydroxyl groups is 1. The fraction of sp³-hybridized carbons (Fsp3) is 0.214. The number of fused-ring (bicyclic) bond motifs is 1. The van der Waals surface area contributed by atoms with Crippen LogP contribution in [0.25, 0.3) is 10.9 Å². The summed E-state index contributed by atoms with van der Waals surface area (Å²) in [6.07, 6.45) is 0. The quantitative estimate of drug-likeness (QED) is 0.592. The van der Waals surface area contributed by atoms with Crippen LogP contribution in [-0.2, 0) is 5.88 Å². The lowest BCUT2D eigenvalue weighted by atomic mass is 10.2. The molecule has 2 heterocycles. The Kier molecular flexibility index (Phi) is 3.31. The van der Waals surface area contributed by atoms with Crippen molar-refractivity contribution >= 4 is 22.7 Å². The summed E-state index contributed by atoms with van der Waals surface area (Å²) in [5.74, 6) is 0.617. The summed E-state index contributed by atoms with van der Waals surface area (Å²) in [5, 5.41) is 15.7. The molecule has 0 unspecified atom stereocenters.